The minimum atomic E-state index is -1.16. The molecule has 0 radical (unpaired) electrons. The van der Waals surface area contributed by atoms with Gasteiger partial charge in [0.1, 0.15) is 11.6 Å². The molecular formula is C22H24F3N3O. The van der Waals surface area contributed by atoms with Gasteiger partial charge in [-0.15, -0.1) is 0 Å². The number of aromatic nitrogens is 2. The third kappa shape index (κ3) is 4.44. The van der Waals surface area contributed by atoms with Crippen LogP contribution in [0.25, 0.3) is 11.0 Å². The Morgan fingerprint density at radius 1 is 1.17 bits per heavy atom. The van der Waals surface area contributed by atoms with Crippen molar-refractivity contribution in [1.82, 2.24) is 14.5 Å². The van der Waals surface area contributed by atoms with Crippen LogP contribution in [-0.2, 0) is 13.1 Å². The first-order chi connectivity index (χ1) is 13.8. The fourth-order valence-electron chi connectivity index (χ4n) is 3.41. The van der Waals surface area contributed by atoms with Crippen molar-refractivity contribution >= 4 is 16.9 Å². The SMILES string of the molecule is CCCn1c(CN(CC(C)C)C(=O)c2cccc(F)c2F)nc2ccc(F)cc21. The van der Waals surface area contributed by atoms with Crippen molar-refractivity contribution in [3.63, 3.8) is 0 Å². The Balaban J connectivity index is 2.02. The maximum Gasteiger partial charge on any atom is 0.257 e. The summed E-state index contributed by atoms with van der Waals surface area (Å²) in [5.41, 5.74) is 0.967. The Labute approximate surface area is 168 Å². The summed E-state index contributed by atoms with van der Waals surface area (Å²) in [6.07, 6.45) is 0.797. The minimum absolute atomic E-state index is 0.108. The zero-order valence-electron chi connectivity index (χ0n) is 16.8. The first kappa shape index (κ1) is 20.9. The summed E-state index contributed by atoms with van der Waals surface area (Å²) in [6.45, 7) is 6.93. The van der Waals surface area contributed by atoms with E-state index < -0.39 is 17.5 Å². The lowest BCUT2D eigenvalue weighted by molar-refractivity contribution is 0.0710. The van der Waals surface area contributed by atoms with Crippen LogP contribution >= 0.6 is 0 Å². The minimum Gasteiger partial charge on any atom is -0.331 e. The molecule has 0 unspecified atom stereocenters. The topological polar surface area (TPSA) is 38.1 Å². The Morgan fingerprint density at radius 3 is 2.62 bits per heavy atom. The van der Waals surface area contributed by atoms with Crippen molar-refractivity contribution in [2.75, 3.05) is 6.54 Å². The molecule has 0 spiro atoms. The number of fused-ring (bicyclic) bond motifs is 1. The van der Waals surface area contributed by atoms with Crippen molar-refractivity contribution in [1.29, 1.82) is 0 Å². The first-order valence-corrected chi connectivity index (χ1v) is 9.69. The zero-order chi connectivity index (χ0) is 21.1. The van der Waals surface area contributed by atoms with E-state index in [0.717, 1.165) is 12.5 Å². The van der Waals surface area contributed by atoms with E-state index in [4.69, 9.17) is 0 Å². The number of hydrogen-bond donors (Lipinski definition) is 0. The van der Waals surface area contributed by atoms with Gasteiger partial charge in [0.2, 0.25) is 0 Å². The molecule has 154 valence electrons. The van der Waals surface area contributed by atoms with E-state index in [0.29, 0.717) is 29.9 Å². The van der Waals surface area contributed by atoms with Crippen LogP contribution in [0.5, 0.6) is 0 Å². The number of amides is 1. The van der Waals surface area contributed by atoms with Crippen LogP contribution in [0.2, 0.25) is 0 Å². The number of imidazole rings is 1. The fraction of sp³-hybridized carbons (Fsp3) is 0.364. The van der Waals surface area contributed by atoms with Gasteiger partial charge in [0.15, 0.2) is 11.6 Å². The molecule has 1 amide bonds. The first-order valence-electron chi connectivity index (χ1n) is 9.69. The zero-order valence-corrected chi connectivity index (χ0v) is 16.8. The largest absolute Gasteiger partial charge is 0.331 e. The van der Waals surface area contributed by atoms with Crippen molar-refractivity contribution in [2.24, 2.45) is 5.92 Å². The molecule has 0 saturated heterocycles. The lowest BCUT2D eigenvalue weighted by atomic mass is 10.1. The second-order valence-electron chi connectivity index (χ2n) is 7.49. The smallest absolute Gasteiger partial charge is 0.257 e. The second-order valence-corrected chi connectivity index (χ2v) is 7.49. The molecule has 0 N–H and O–H groups in total. The molecule has 0 aliphatic carbocycles. The van der Waals surface area contributed by atoms with Gasteiger partial charge in [0.05, 0.1) is 23.1 Å². The number of carbonyl (C=O) groups excluding carboxylic acids is 1. The summed E-state index contributed by atoms with van der Waals surface area (Å²) in [7, 11) is 0. The van der Waals surface area contributed by atoms with Crippen molar-refractivity contribution in [3.05, 3.63) is 65.2 Å². The molecule has 4 nitrogen and oxygen atoms in total. The van der Waals surface area contributed by atoms with E-state index in [1.54, 1.807) is 6.07 Å². The molecule has 3 rings (SSSR count). The predicted molar refractivity (Wildman–Crippen MR) is 106 cm³/mol. The van der Waals surface area contributed by atoms with Gasteiger partial charge in [-0.25, -0.2) is 18.2 Å². The van der Waals surface area contributed by atoms with Crippen LogP contribution in [0.4, 0.5) is 13.2 Å². The monoisotopic (exact) mass is 403 g/mol. The molecule has 1 heterocycles. The summed E-state index contributed by atoms with van der Waals surface area (Å²) >= 11 is 0. The molecule has 3 aromatic rings. The third-order valence-corrected chi connectivity index (χ3v) is 4.62. The van der Waals surface area contributed by atoms with Gasteiger partial charge < -0.3 is 9.47 Å². The highest BCUT2D eigenvalue weighted by Crippen LogP contribution is 2.22. The number of hydrogen-bond acceptors (Lipinski definition) is 2. The number of aryl methyl sites for hydroxylation is 1. The van der Waals surface area contributed by atoms with Gasteiger partial charge in [-0.2, -0.15) is 0 Å². The fourth-order valence-corrected chi connectivity index (χ4v) is 3.41. The lowest BCUT2D eigenvalue weighted by Crippen LogP contribution is -2.35. The molecule has 29 heavy (non-hydrogen) atoms. The highest BCUT2D eigenvalue weighted by Gasteiger charge is 2.24. The number of benzene rings is 2. The molecule has 0 bridgehead atoms. The van der Waals surface area contributed by atoms with Gasteiger partial charge in [-0.1, -0.05) is 26.8 Å². The molecule has 7 heteroatoms. The van der Waals surface area contributed by atoms with Crippen molar-refractivity contribution in [2.45, 2.75) is 40.3 Å². The Bertz CT molecular complexity index is 1030. The Hall–Kier alpha value is -2.83. The van der Waals surface area contributed by atoms with Crippen LogP contribution < -0.4 is 0 Å². The number of carbonyl (C=O) groups is 1. The van der Waals surface area contributed by atoms with Crippen LogP contribution in [0.1, 0.15) is 43.4 Å². The number of halogens is 3. The highest BCUT2D eigenvalue weighted by atomic mass is 19.2. The van der Waals surface area contributed by atoms with Crippen LogP contribution in [0, 0.1) is 23.4 Å². The Kier molecular flexibility index (Phi) is 6.25. The molecule has 0 fully saturated rings. The van der Waals surface area contributed by atoms with Crippen LogP contribution in [0.3, 0.4) is 0 Å². The summed E-state index contributed by atoms with van der Waals surface area (Å²) in [6, 6.07) is 7.93. The van der Waals surface area contributed by atoms with Crippen LogP contribution in [0.15, 0.2) is 36.4 Å². The van der Waals surface area contributed by atoms with Gasteiger partial charge in [0, 0.05) is 13.1 Å². The average molecular weight is 403 g/mol. The summed E-state index contributed by atoms with van der Waals surface area (Å²) in [5, 5.41) is 0. The van der Waals surface area contributed by atoms with Gasteiger partial charge in [-0.05, 0) is 42.7 Å². The second kappa shape index (κ2) is 8.68. The normalized spacial score (nSPS) is 11.4. The van der Waals surface area contributed by atoms with E-state index in [1.807, 2.05) is 25.3 Å². The van der Waals surface area contributed by atoms with E-state index in [9.17, 15) is 18.0 Å². The summed E-state index contributed by atoms with van der Waals surface area (Å²) < 4.78 is 43.5. The molecule has 2 aromatic carbocycles. The van der Waals surface area contributed by atoms with Gasteiger partial charge in [0.25, 0.3) is 5.91 Å². The highest BCUT2D eigenvalue weighted by molar-refractivity contribution is 5.94. The molecular weight excluding hydrogens is 379 g/mol. The van der Waals surface area contributed by atoms with E-state index in [2.05, 4.69) is 4.98 Å². The standard InChI is InChI=1S/C22H24F3N3O/c1-4-10-28-19-11-15(23)8-9-18(19)26-20(28)13-27(12-14(2)3)22(29)16-6-5-7-17(24)21(16)25/h5-9,11,14H,4,10,12-13H2,1-3H3. The van der Waals surface area contributed by atoms with Crippen molar-refractivity contribution in [3.8, 4) is 0 Å². The summed E-state index contributed by atoms with van der Waals surface area (Å²) in [4.78, 5) is 19.1. The maximum atomic E-state index is 14.2. The summed E-state index contributed by atoms with van der Waals surface area (Å²) in [5.74, 6) is -2.49. The van der Waals surface area contributed by atoms with E-state index in [1.165, 1.54) is 29.2 Å². The predicted octanol–water partition coefficient (Wildman–Crippen LogP) is 5.16. The van der Waals surface area contributed by atoms with Gasteiger partial charge in [-0.3, -0.25) is 4.79 Å². The average Bonchev–Trinajstić information content (AvgIpc) is 2.99. The third-order valence-electron chi connectivity index (χ3n) is 4.62. The molecule has 0 aliphatic heterocycles. The van der Waals surface area contributed by atoms with E-state index in [-0.39, 0.29) is 23.8 Å². The maximum absolute atomic E-state index is 14.2. The molecule has 0 atom stereocenters. The lowest BCUT2D eigenvalue weighted by Gasteiger charge is -2.25. The quantitative estimate of drug-likeness (QED) is 0.546. The molecule has 0 aliphatic rings. The van der Waals surface area contributed by atoms with Gasteiger partial charge >= 0.3 is 0 Å². The van der Waals surface area contributed by atoms with Crippen molar-refractivity contribution < 1.29 is 18.0 Å². The van der Waals surface area contributed by atoms with Crippen LogP contribution in [-0.4, -0.2) is 26.9 Å². The number of rotatable bonds is 7. The molecule has 1 aromatic heterocycles. The molecule has 0 saturated carbocycles. The van der Waals surface area contributed by atoms with E-state index >= 15 is 0 Å². The number of nitrogens with zero attached hydrogens (tertiary/aromatic N) is 3. The Morgan fingerprint density at radius 2 is 1.93 bits per heavy atom.